The van der Waals surface area contributed by atoms with Crippen LogP contribution < -0.4 is 9.80 Å². The number of anilines is 4. The van der Waals surface area contributed by atoms with Crippen molar-refractivity contribution in [3.63, 3.8) is 0 Å². The quantitative estimate of drug-likeness (QED) is 0.149. The van der Waals surface area contributed by atoms with E-state index in [1.54, 1.807) is 0 Å². The van der Waals surface area contributed by atoms with E-state index in [1.807, 2.05) is 0 Å². The first-order valence-corrected chi connectivity index (χ1v) is 17.5. The number of benzene rings is 5. The van der Waals surface area contributed by atoms with Gasteiger partial charge in [0.25, 0.3) is 0 Å². The molecule has 0 fully saturated rings. The summed E-state index contributed by atoms with van der Waals surface area (Å²) in [5.74, 6) is 0.414. The Bertz CT molecular complexity index is 2170. The van der Waals surface area contributed by atoms with Crippen LogP contribution in [0.2, 0.25) is 0 Å². The van der Waals surface area contributed by atoms with Gasteiger partial charge in [-0.2, -0.15) is 0 Å². The molecule has 2 nitrogen and oxygen atoms in total. The molecule has 0 saturated heterocycles. The average molecular weight is 637 g/mol. The van der Waals surface area contributed by atoms with Crippen LogP contribution in [0, 0.1) is 19.8 Å². The standard InChI is InChI=1S/C47H44N2/c1-5-6-8-17-36(4)48(46-26-15-20-37-18-11-13-24-44(37)46)40-28-30-42(34(2)32-40)43-31-29-41(33-35(43)3)49(39-22-9-7-10-23-39)47-27-16-21-38-19-12-14-25-45(38)47/h6-19,21-33,37H,5,20H2,1-4H3/b8-6-,36-17+. The highest BCUT2D eigenvalue weighted by Crippen LogP contribution is 2.42. The Labute approximate surface area is 292 Å². The van der Waals surface area contributed by atoms with Gasteiger partial charge < -0.3 is 9.80 Å². The second kappa shape index (κ2) is 14.3. The van der Waals surface area contributed by atoms with Crippen molar-refractivity contribution in [3.8, 4) is 11.1 Å². The minimum absolute atomic E-state index is 0.414. The number of hydrogen-bond acceptors (Lipinski definition) is 2. The largest absolute Gasteiger partial charge is 0.314 e. The molecule has 2 aliphatic carbocycles. The van der Waals surface area contributed by atoms with Gasteiger partial charge in [0.05, 0.1) is 5.69 Å². The van der Waals surface area contributed by atoms with Crippen LogP contribution in [0.4, 0.5) is 22.7 Å². The summed E-state index contributed by atoms with van der Waals surface area (Å²) in [6.07, 6.45) is 22.3. The van der Waals surface area contributed by atoms with E-state index in [4.69, 9.17) is 0 Å². The predicted octanol–water partition coefficient (Wildman–Crippen LogP) is 13.2. The molecule has 2 aliphatic rings. The zero-order chi connectivity index (χ0) is 33.7. The van der Waals surface area contributed by atoms with Gasteiger partial charge in [0.15, 0.2) is 0 Å². The van der Waals surface area contributed by atoms with Crippen LogP contribution in [0.3, 0.4) is 0 Å². The van der Waals surface area contributed by atoms with Crippen LogP contribution in [0.1, 0.15) is 37.8 Å². The molecule has 7 rings (SSSR count). The van der Waals surface area contributed by atoms with Crippen molar-refractivity contribution in [2.24, 2.45) is 5.92 Å². The lowest BCUT2D eigenvalue weighted by atomic mass is 9.86. The highest BCUT2D eigenvalue weighted by molar-refractivity contribution is 5.99. The van der Waals surface area contributed by atoms with E-state index < -0.39 is 0 Å². The van der Waals surface area contributed by atoms with Crippen LogP contribution in [0.15, 0.2) is 181 Å². The molecular formula is C47H44N2. The van der Waals surface area contributed by atoms with Gasteiger partial charge in [-0.25, -0.2) is 0 Å². The lowest BCUT2D eigenvalue weighted by Gasteiger charge is -2.33. The Morgan fingerprint density at radius 2 is 1.45 bits per heavy atom. The van der Waals surface area contributed by atoms with E-state index in [0.29, 0.717) is 5.92 Å². The van der Waals surface area contributed by atoms with Gasteiger partial charge >= 0.3 is 0 Å². The van der Waals surface area contributed by atoms with Crippen LogP contribution in [0.25, 0.3) is 21.9 Å². The third-order valence-corrected chi connectivity index (χ3v) is 9.64. The molecule has 0 radical (unpaired) electrons. The van der Waals surface area contributed by atoms with Crippen molar-refractivity contribution >= 4 is 33.5 Å². The molecule has 242 valence electrons. The fourth-order valence-corrected chi connectivity index (χ4v) is 7.23. The summed E-state index contributed by atoms with van der Waals surface area (Å²) in [6.45, 7) is 8.87. The van der Waals surface area contributed by atoms with Gasteiger partial charge in [-0.3, -0.25) is 0 Å². The Kier molecular flexibility index (Phi) is 9.30. The number of fused-ring (bicyclic) bond motifs is 2. The minimum atomic E-state index is 0.414. The molecule has 0 heterocycles. The summed E-state index contributed by atoms with van der Waals surface area (Å²) in [7, 11) is 0. The van der Waals surface area contributed by atoms with E-state index in [2.05, 4.69) is 201 Å². The third-order valence-electron chi connectivity index (χ3n) is 9.64. The van der Waals surface area contributed by atoms with Crippen molar-refractivity contribution in [3.05, 3.63) is 192 Å². The molecule has 0 saturated carbocycles. The first kappa shape index (κ1) is 32.0. The molecule has 5 aromatic carbocycles. The van der Waals surface area contributed by atoms with Gasteiger partial charge in [0.1, 0.15) is 0 Å². The molecule has 0 amide bonds. The zero-order valence-corrected chi connectivity index (χ0v) is 29.0. The minimum Gasteiger partial charge on any atom is -0.314 e. The van der Waals surface area contributed by atoms with Crippen LogP contribution in [-0.2, 0) is 0 Å². The molecule has 2 heteroatoms. The van der Waals surface area contributed by atoms with E-state index >= 15 is 0 Å². The Morgan fingerprint density at radius 1 is 0.735 bits per heavy atom. The summed E-state index contributed by atoms with van der Waals surface area (Å²) < 4.78 is 0. The number of allylic oxidation sites excluding steroid dienone is 11. The highest BCUT2D eigenvalue weighted by atomic mass is 15.2. The van der Waals surface area contributed by atoms with Gasteiger partial charge in [0, 0.05) is 39.8 Å². The molecule has 1 unspecified atom stereocenters. The second-order valence-corrected chi connectivity index (χ2v) is 13.0. The summed E-state index contributed by atoms with van der Waals surface area (Å²) in [4.78, 5) is 4.81. The maximum atomic E-state index is 2.43. The van der Waals surface area contributed by atoms with Crippen LogP contribution in [-0.4, -0.2) is 0 Å². The predicted molar refractivity (Wildman–Crippen MR) is 212 cm³/mol. The summed E-state index contributed by atoms with van der Waals surface area (Å²) in [5.41, 5.74) is 13.5. The lowest BCUT2D eigenvalue weighted by Crippen LogP contribution is -2.24. The molecule has 0 aromatic heterocycles. The van der Waals surface area contributed by atoms with Crippen LogP contribution in [0.5, 0.6) is 0 Å². The van der Waals surface area contributed by atoms with E-state index in [9.17, 15) is 0 Å². The number of para-hydroxylation sites is 1. The SMILES string of the molecule is CC/C=C\C=C(/C)N(C1=C2C=CC=CC2CC=C1)c1ccc(-c2ccc(N(c3ccccc3)c3cccc4ccccc34)cc2C)c(C)c1. The smallest absolute Gasteiger partial charge is 0.0540 e. The van der Waals surface area contributed by atoms with Gasteiger partial charge in [-0.05, 0) is 121 Å². The maximum Gasteiger partial charge on any atom is 0.0540 e. The Balaban J connectivity index is 1.29. The fraction of sp³-hybridized carbons (Fsp3) is 0.149. The van der Waals surface area contributed by atoms with Crippen molar-refractivity contribution in [2.75, 3.05) is 9.80 Å². The first-order chi connectivity index (χ1) is 24.0. The Morgan fingerprint density at radius 3 is 2.22 bits per heavy atom. The summed E-state index contributed by atoms with van der Waals surface area (Å²) in [5, 5.41) is 2.47. The molecule has 1 atom stereocenters. The first-order valence-electron chi connectivity index (χ1n) is 17.5. The van der Waals surface area contributed by atoms with Crippen LogP contribution >= 0.6 is 0 Å². The molecule has 0 spiro atoms. The molecule has 0 aliphatic heterocycles. The highest BCUT2D eigenvalue weighted by Gasteiger charge is 2.24. The van der Waals surface area contributed by atoms with Gasteiger partial charge in [0.2, 0.25) is 0 Å². The summed E-state index contributed by atoms with van der Waals surface area (Å²) >= 11 is 0. The average Bonchev–Trinajstić information content (AvgIpc) is 3.13. The van der Waals surface area contributed by atoms with E-state index in [0.717, 1.165) is 24.2 Å². The topological polar surface area (TPSA) is 6.48 Å². The Hall–Kier alpha value is -5.60. The van der Waals surface area contributed by atoms with Crippen molar-refractivity contribution < 1.29 is 0 Å². The van der Waals surface area contributed by atoms with E-state index in [-0.39, 0.29) is 0 Å². The number of hydrogen-bond donors (Lipinski definition) is 0. The van der Waals surface area contributed by atoms with E-state index in [1.165, 1.54) is 61.4 Å². The normalized spacial score (nSPS) is 15.7. The monoisotopic (exact) mass is 636 g/mol. The summed E-state index contributed by atoms with van der Waals surface area (Å²) in [6, 6.07) is 39.7. The molecule has 5 aromatic rings. The lowest BCUT2D eigenvalue weighted by molar-refractivity contribution is 0.760. The van der Waals surface area contributed by atoms with Crippen molar-refractivity contribution in [1.29, 1.82) is 0 Å². The van der Waals surface area contributed by atoms with Gasteiger partial charge in [-0.1, -0.05) is 116 Å². The maximum absolute atomic E-state index is 2.43. The molecular weight excluding hydrogens is 593 g/mol. The zero-order valence-electron chi connectivity index (χ0n) is 29.0. The molecule has 0 N–H and O–H groups in total. The number of rotatable bonds is 9. The molecule has 0 bridgehead atoms. The number of aryl methyl sites for hydroxylation is 2. The van der Waals surface area contributed by atoms with Crippen molar-refractivity contribution in [1.82, 2.24) is 0 Å². The second-order valence-electron chi connectivity index (χ2n) is 13.0. The fourth-order valence-electron chi connectivity index (χ4n) is 7.23. The van der Waals surface area contributed by atoms with Gasteiger partial charge in [-0.15, -0.1) is 0 Å². The third kappa shape index (κ3) is 6.47. The molecule has 49 heavy (non-hydrogen) atoms. The number of nitrogens with zero attached hydrogens (tertiary/aromatic N) is 2. The van der Waals surface area contributed by atoms with Crippen molar-refractivity contribution in [2.45, 2.75) is 40.5 Å².